The van der Waals surface area contributed by atoms with Gasteiger partial charge in [-0.25, -0.2) is 0 Å². The van der Waals surface area contributed by atoms with E-state index in [1.807, 2.05) is 30.3 Å². The second-order valence-corrected chi connectivity index (χ2v) is 7.94. The molecule has 4 nitrogen and oxygen atoms in total. The van der Waals surface area contributed by atoms with Crippen LogP contribution in [-0.2, 0) is 16.0 Å². The van der Waals surface area contributed by atoms with E-state index < -0.39 is 6.04 Å². The van der Waals surface area contributed by atoms with Crippen LogP contribution in [0.5, 0.6) is 0 Å². The Kier molecular flexibility index (Phi) is 3.77. The molecule has 0 aromatic heterocycles. The van der Waals surface area contributed by atoms with E-state index in [2.05, 4.69) is 25.7 Å². The summed E-state index contributed by atoms with van der Waals surface area (Å²) in [6, 6.07) is 9.47. The number of amides is 2. The van der Waals surface area contributed by atoms with Crippen LogP contribution < -0.4 is 5.32 Å². The van der Waals surface area contributed by atoms with Gasteiger partial charge in [0.15, 0.2) is 0 Å². The standard InChI is InChI=1S/C17H20N2O2S/c1-11-17(2,3)22-16-14(15(21)19(11)16)18-13(20)10-9-12-7-5-4-6-8-12/h4-8,14,16H,1,9-10H2,2-3H3,(H,18,20)/t14-,16-/m1/s1. The van der Waals surface area contributed by atoms with Crippen molar-refractivity contribution in [3.63, 3.8) is 0 Å². The number of nitrogens with zero attached hydrogens (tertiary/aromatic N) is 1. The first-order chi connectivity index (χ1) is 10.4. The molecule has 2 aliphatic rings. The molecule has 0 spiro atoms. The lowest BCUT2D eigenvalue weighted by molar-refractivity contribution is -0.145. The molecule has 0 saturated carbocycles. The van der Waals surface area contributed by atoms with Gasteiger partial charge in [-0.2, -0.15) is 0 Å². The van der Waals surface area contributed by atoms with Gasteiger partial charge >= 0.3 is 0 Å². The summed E-state index contributed by atoms with van der Waals surface area (Å²) < 4.78 is -0.149. The number of rotatable bonds is 4. The van der Waals surface area contributed by atoms with Crippen LogP contribution in [0.4, 0.5) is 0 Å². The van der Waals surface area contributed by atoms with Gasteiger partial charge in [0, 0.05) is 12.1 Å². The average Bonchev–Trinajstić information content (AvgIpc) is 2.71. The van der Waals surface area contributed by atoms with Crippen molar-refractivity contribution in [1.29, 1.82) is 0 Å². The lowest BCUT2D eigenvalue weighted by Gasteiger charge is -2.41. The first-order valence-corrected chi connectivity index (χ1v) is 8.32. The Bertz CT molecular complexity index is 627. The van der Waals surface area contributed by atoms with Crippen molar-refractivity contribution in [2.45, 2.75) is 42.9 Å². The first kappa shape index (κ1) is 15.2. The molecular weight excluding hydrogens is 296 g/mol. The summed E-state index contributed by atoms with van der Waals surface area (Å²) in [6.07, 6.45) is 1.09. The maximum atomic E-state index is 12.2. The van der Waals surface area contributed by atoms with Crippen molar-refractivity contribution in [2.24, 2.45) is 0 Å². The minimum Gasteiger partial charge on any atom is -0.342 e. The number of β-lactam (4-membered cyclic amide) rings is 1. The minimum absolute atomic E-state index is 0.00400. The van der Waals surface area contributed by atoms with Crippen molar-refractivity contribution in [2.75, 3.05) is 0 Å². The molecule has 2 fully saturated rings. The number of carbonyl (C=O) groups excluding carboxylic acids is 2. The van der Waals surface area contributed by atoms with Gasteiger partial charge in [-0.05, 0) is 25.8 Å². The summed E-state index contributed by atoms with van der Waals surface area (Å²) in [5.74, 6) is -0.112. The lowest BCUT2D eigenvalue weighted by Crippen LogP contribution is -2.66. The highest BCUT2D eigenvalue weighted by atomic mass is 32.2. The van der Waals surface area contributed by atoms with Crippen LogP contribution in [0.15, 0.2) is 42.6 Å². The fourth-order valence-electron chi connectivity index (χ4n) is 2.81. The Morgan fingerprint density at radius 2 is 2.05 bits per heavy atom. The van der Waals surface area contributed by atoms with Gasteiger partial charge in [-0.15, -0.1) is 11.8 Å². The van der Waals surface area contributed by atoms with Gasteiger partial charge in [0.2, 0.25) is 5.91 Å². The number of hydrogen-bond donors (Lipinski definition) is 1. The van der Waals surface area contributed by atoms with E-state index in [0.717, 1.165) is 11.3 Å². The molecule has 22 heavy (non-hydrogen) atoms. The molecule has 0 bridgehead atoms. The van der Waals surface area contributed by atoms with E-state index in [9.17, 15) is 9.59 Å². The zero-order valence-electron chi connectivity index (χ0n) is 12.8. The third-order valence-corrected chi connectivity index (χ3v) is 5.79. The van der Waals surface area contributed by atoms with Crippen LogP contribution in [0.3, 0.4) is 0 Å². The van der Waals surface area contributed by atoms with Crippen LogP contribution in [0.2, 0.25) is 0 Å². The van der Waals surface area contributed by atoms with Crippen LogP contribution in [0.1, 0.15) is 25.8 Å². The van der Waals surface area contributed by atoms with E-state index in [0.29, 0.717) is 12.8 Å². The van der Waals surface area contributed by atoms with Crippen LogP contribution in [0, 0.1) is 0 Å². The van der Waals surface area contributed by atoms with E-state index in [1.54, 1.807) is 16.7 Å². The molecule has 2 aliphatic heterocycles. The fourth-order valence-corrected chi connectivity index (χ4v) is 4.31. The van der Waals surface area contributed by atoms with Crippen LogP contribution >= 0.6 is 11.8 Å². The zero-order chi connectivity index (χ0) is 15.9. The lowest BCUT2D eigenvalue weighted by atomic mass is 10.0. The molecule has 5 heteroatoms. The predicted octanol–water partition coefficient (Wildman–Crippen LogP) is 2.31. The molecule has 2 saturated heterocycles. The van der Waals surface area contributed by atoms with Crippen LogP contribution in [0.25, 0.3) is 0 Å². The van der Waals surface area contributed by atoms with Gasteiger partial charge in [0.25, 0.3) is 5.91 Å². The number of nitrogens with one attached hydrogen (secondary N) is 1. The van der Waals surface area contributed by atoms with Gasteiger partial charge in [-0.3, -0.25) is 14.5 Å². The SMILES string of the molecule is C=C1N2C(=O)[C@@H](NC(=O)CCc3ccccc3)[C@H]2SC1(C)C. The van der Waals surface area contributed by atoms with Crippen molar-refractivity contribution in [3.8, 4) is 0 Å². The third kappa shape index (κ3) is 2.54. The zero-order valence-corrected chi connectivity index (χ0v) is 13.7. The molecule has 0 aliphatic carbocycles. The average molecular weight is 316 g/mol. The summed E-state index contributed by atoms with van der Waals surface area (Å²) in [5, 5.41) is 2.87. The Labute approximate surface area is 135 Å². The summed E-state index contributed by atoms with van der Waals surface area (Å²) in [5.41, 5.74) is 1.96. The fraction of sp³-hybridized carbons (Fsp3) is 0.412. The van der Waals surface area contributed by atoms with Crippen LogP contribution in [-0.4, -0.2) is 32.9 Å². The molecule has 1 N–H and O–H groups in total. The minimum atomic E-state index is -0.410. The second-order valence-electron chi connectivity index (χ2n) is 6.20. The molecule has 1 aromatic carbocycles. The summed E-state index contributed by atoms with van der Waals surface area (Å²) in [7, 11) is 0. The van der Waals surface area contributed by atoms with Crippen molar-refractivity contribution in [3.05, 3.63) is 48.2 Å². The maximum Gasteiger partial charge on any atom is 0.253 e. The summed E-state index contributed by atoms with van der Waals surface area (Å²) in [6.45, 7) is 8.11. The van der Waals surface area contributed by atoms with Gasteiger partial charge in [0.1, 0.15) is 11.4 Å². The monoisotopic (exact) mass is 316 g/mol. The quantitative estimate of drug-likeness (QED) is 0.867. The Hall–Kier alpha value is -1.75. The maximum absolute atomic E-state index is 12.2. The topological polar surface area (TPSA) is 49.4 Å². The summed E-state index contributed by atoms with van der Waals surface area (Å²) in [4.78, 5) is 26.0. The third-order valence-electron chi connectivity index (χ3n) is 4.24. The molecule has 3 rings (SSSR count). The van der Waals surface area contributed by atoms with Crippen molar-refractivity contribution in [1.82, 2.24) is 10.2 Å². The number of fused-ring (bicyclic) bond motifs is 1. The van der Waals surface area contributed by atoms with Crippen molar-refractivity contribution < 1.29 is 9.59 Å². The molecule has 1 aromatic rings. The molecule has 0 unspecified atom stereocenters. The first-order valence-electron chi connectivity index (χ1n) is 7.44. The number of benzene rings is 1. The largest absolute Gasteiger partial charge is 0.342 e. The number of aryl methyl sites for hydroxylation is 1. The molecule has 2 heterocycles. The van der Waals surface area contributed by atoms with E-state index in [1.165, 1.54) is 0 Å². The normalized spacial score (nSPS) is 25.6. The predicted molar refractivity (Wildman–Crippen MR) is 88.1 cm³/mol. The smallest absolute Gasteiger partial charge is 0.253 e. The highest BCUT2D eigenvalue weighted by Crippen LogP contribution is 2.52. The number of carbonyl (C=O) groups is 2. The van der Waals surface area contributed by atoms with E-state index in [-0.39, 0.29) is 21.9 Å². The number of thioether (sulfide) groups is 1. The Morgan fingerprint density at radius 3 is 2.73 bits per heavy atom. The molecule has 2 atom stereocenters. The number of hydrogen-bond acceptors (Lipinski definition) is 3. The highest BCUT2D eigenvalue weighted by molar-refractivity contribution is 8.01. The molecular formula is C17H20N2O2S. The summed E-state index contributed by atoms with van der Waals surface area (Å²) >= 11 is 1.68. The molecule has 116 valence electrons. The molecule has 2 amide bonds. The Morgan fingerprint density at radius 1 is 1.36 bits per heavy atom. The second kappa shape index (κ2) is 5.47. The van der Waals surface area contributed by atoms with Crippen molar-refractivity contribution >= 4 is 23.6 Å². The van der Waals surface area contributed by atoms with E-state index in [4.69, 9.17) is 0 Å². The molecule has 0 radical (unpaired) electrons. The Balaban J connectivity index is 1.55. The van der Waals surface area contributed by atoms with E-state index >= 15 is 0 Å². The van der Waals surface area contributed by atoms with Gasteiger partial charge < -0.3 is 5.32 Å². The van der Waals surface area contributed by atoms with Gasteiger partial charge in [-0.1, -0.05) is 36.9 Å². The highest BCUT2D eigenvalue weighted by Gasteiger charge is 2.58. The van der Waals surface area contributed by atoms with Gasteiger partial charge in [0.05, 0.1) is 4.75 Å².